The number of hydrogen-bond donors (Lipinski definition) is 2. The van der Waals surface area contributed by atoms with Crippen molar-refractivity contribution in [3.8, 4) is 5.75 Å². The number of aryl methyl sites for hydroxylation is 1. The van der Waals surface area contributed by atoms with Crippen LogP contribution in [0.25, 0.3) is 11.0 Å². The van der Waals surface area contributed by atoms with E-state index >= 15 is 0 Å². The Morgan fingerprint density at radius 3 is 2.58 bits per heavy atom. The predicted octanol–water partition coefficient (Wildman–Crippen LogP) is 4.51. The number of aliphatic hydroxyl groups excluding tert-OH is 1. The molecular formula is C23H25F3N4O3. The number of rotatable bonds is 5. The van der Waals surface area contributed by atoms with E-state index < -0.39 is 17.8 Å². The van der Waals surface area contributed by atoms with Gasteiger partial charge in [-0.25, -0.2) is 9.97 Å². The highest BCUT2D eigenvalue weighted by atomic mass is 19.4. The molecule has 2 N–H and O–H groups in total. The van der Waals surface area contributed by atoms with E-state index in [9.17, 15) is 23.1 Å². The van der Waals surface area contributed by atoms with Gasteiger partial charge < -0.3 is 19.7 Å². The summed E-state index contributed by atoms with van der Waals surface area (Å²) < 4.78 is 46.2. The maximum atomic E-state index is 13.0. The van der Waals surface area contributed by atoms with E-state index in [1.54, 1.807) is 12.1 Å². The summed E-state index contributed by atoms with van der Waals surface area (Å²) in [6.07, 6.45) is -0.888. The van der Waals surface area contributed by atoms with Crippen LogP contribution in [0.15, 0.2) is 30.3 Å². The van der Waals surface area contributed by atoms with Crippen molar-refractivity contribution in [1.29, 1.82) is 0 Å². The molecule has 0 atom stereocenters. The van der Waals surface area contributed by atoms with Gasteiger partial charge in [-0.1, -0.05) is 6.07 Å². The van der Waals surface area contributed by atoms with Gasteiger partial charge in [0.05, 0.1) is 23.8 Å². The zero-order valence-corrected chi connectivity index (χ0v) is 18.3. The van der Waals surface area contributed by atoms with E-state index in [0.717, 1.165) is 49.2 Å². The Labute approximate surface area is 188 Å². The summed E-state index contributed by atoms with van der Waals surface area (Å²) in [5.41, 5.74) is 0.294. The van der Waals surface area contributed by atoms with Gasteiger partial charge in [-0.2, -0.15) is 13.2 Å². The minimum Gasteiger partial charge on any atom is -0.494 e. The van der Waals surface area contributed by atoms with E-state index in [0.29, 0.717) is 22.9 Å². The summed E-state index contributed by atoms with van der Waals surface area (Å²) >= 11 is 0. The molecule has 1 fully saturated rings. The van der Waals surface area contributed by atoms with Crippen molar-refractivity contribution in [2.24, 2.45) is 13.0 Å². The van der Waals surface area contributed by atoms with Crippen LogP contribution in [0.5, 0.6) is 5.75 Å². The molecule has 1 amide bonds. The zero-order chi connectivity index (χ0) is 23.8. The third kappa shape index (κ3) is 4.66. The van der Waals surface area contributed by atoms with Crippen molar-refractivity contribution in [3.05, 3.63) is 47.5 Å². The van der Waals surface area contributed by atoms with Crippen LogP contribution in [-0.2, 0) is 13.2 Å². The topological polar surface area (TPSA) is 89.3 Å². The molecule has 0 saturated heterocycles. The number of carbonyl (C=O) groups is 1. The number of halogens is 3. The van der Waals surface area contributed by atoms with Gasteiger partial charge in [0.1, 0.15) is 23.0 Å². The molecule has 2 heterocycles. The number of alkyl halides is 3. The normalized spacial score (nSPS) is 19.0. The van der Waals surface area contributed by atoms with Gasteiger partial charge in [-0.05, 0) is 49.8 Å². The molecule has 1 aromatic carbocycles. The molecule has 4 rings (SSSR count). The molecule has 33 heavy (non-hydrogen) atoms. The fraction of sp³-hybridized carbons (Fsp3) is 0.435. The third-order valence-electron chi connectivity index (χ3n) is 6.23. The van der Waals surface area contributed by atoms with E-state index in [1.807, 2.05) is 11.6 Å². The zero-order valence-electron chi connectivity index (χ0n) is 18.3. The number of benzene rings is 1. The molecule has 0 unspecified atom stereocenters. The number of anilines is 1. The first-order valence-corrected chi connectivity index (χ1v) is 10.7. The van der Waals surface area contributed by atoms with E-state index in [1.165, 1.54) is 13.2 Å². The summed E-state index contributed by atoms with van der Waals surface area (Å²) in [5.74, 6) is 1.09. The summed E-state index contributed by atoms with van der Waals surface area (Å²) in [5, 5.41) is 12.0. The van der Waals surface area contributed by atoms with Gasteiger partial charge in [0.2, 0.25) is 0 Å². The molecule has 7 nitrogen and oxygen atoms in total. The fourth-order valence-corrected chi connectivity index (χ4v) is 4.38. The summed E-state index contributed by atoms with van der Waals surface area (Å²) in [6.45, 7) is 0.205. The first kappa shape index (κ1) is 23.0. The Balaban J connectivity index is 1.63. The second kappa shape index (κ2) is 9.01. The van der Waals surface area contributed by atoms with Gasteiger partial charge in [-0.15, -0.1) is 0 Å². The molecule has 3 aromatic rings. The van der Waals surface area contributed by atoms with Crippen molar-refractivity contribution in [3.63, 3.8) is 0 Å². The van der Waals surface area contributed by atoms with Gasteiger partial charge in [0.25, 0.3) is 5.91 Å². The van der Waals surface area contributed by atoms with Crippen molar-refractivity contribution in [2.75, 3.05) is 19.0 Å². The number of nitrogens with one attached hydrogen (secondary N) is 1. The van der Waals surface area contributed by atoms with Crippen molar-refractivity contribution in [2.45, 2.75) is 37.8 Å². The highest BCUT2D eigenvalue weighted by Gasteiger charge is 2.33. The number of imidazole rings is 1. The maximum Gasteiger partial charge on any atom is 0.433 e. The Kier molecular flexibility index (Phi) is 6.29. The molecule has 0 aliphatic heterocycles. The van der Waals surface area contributed by atoms with E-state index in [-0.39, 0.29) is 18.2 Å². The van der Waals surface area contributed by atoms with Crippen LogP contribution in [0, 0.1) is 5.92 Å². The average molecular weight is 462 g/mol. The Morgan fingerprint density at radius 2 is 1.94 bits per heavy atom. The largest absolute Gasteiger partial charge is 0.494 e. The molecule has 176 valence electrons. The van der Waals surface area contributed by atoms with Crippen LogP contribution in [0.1, 0.15) is 53.6 Å². The van der Waals surface area contributed by atoms with E-state index in [2.05, 4.69) is 10.3 Å². The monoisotopic (exact) mass is 462 g/mol. The first-order chi connectivity index (χ1) is 15.7. The number of fused-ring (bicyclic) bond motifs is 1. The van der Waals surface area contributed by atoms with Gasteiger partial charge >= 0.3 is 6.18 Å². The van der Waals surface area contributed by atoms with Crippen molar-refractivity contribution in [1.82, 2.24) is 14.5 Å². The summed E-state index contributed by atoms with van der Waals surface area (Å²) in [4.78, 5) is 20.9. The fourth-order valence-electron chi connectivity index (χ4n) is 4.38. The molecule has 0 spiro atoms. The average Bonchev–Trinajstić information content (AvgIpc) is 3.13. The SMILES string of the molecule is COc1cc2nc([C@H]3CC[C@H](CO)CC3)n(C)c2cc1NC(=O)c1cccc(C(F)(F)F)n1. The first-order valence-electron chi connectivity index (χ1n) is 10.7. The highest BCUT2D eigenvalue weighted by molar-refractivity contribution is 6.04. The van der Waals surface area contributed by atoms with Gasteiger partial charge in [-0.3, -0.25) is 4.79 Å². The second-order valence-electron chi connectivity index (χ2n) is 8.33. The smallest absolute Gasteiger partial charge is 0.433 e. The van der Waals surface area contributed by atoms with Crippen molar-refractivity contribution < 1.29 is 27.8 Å². The minimum atomic E-state index is -4.64. The number of carbonyl (C=O) groups excluding carboxylic acids is 1. The number of pyridine rings is 1. The number of aromatic nitrogens is 3. The molecule has 1 aliphatic rings. The lowest BCUT2D eigenvalue weighted by molar-refractivity contribution is -0.141. The van der Waals surface area contributed by atoms with Gasteiger partial charge in [0.15, 0.2) is 0 Å². The number of hydrogen-bond acceptors (Lipinski definition) is 5. The van der Waals surface area contributed by atoms with Crippen LogP contribution in [0.4, 0.5) is 18.9 Å². The van der Waals surface area contributed by atoms with Crippen LogP contribution < -0.4 is 10.1 Å². The Morgan fingerprint density at radius 1 is 1.21 bits per heavy atom. The lowest BCUT2D eigenvalue weighted by atomic mass is 9.82. The van der Waals surface area contributed by atoms with Crippen LogP contribution in [0.3, 0.4) is 0 Å². The summed E-state index contributed by atoms with van der Waals surface area (Å²) in [6, 6.07) is 6.59. The van der Waals surface area contributed by atoms with Crippen LogP contribution >= 0.6 is 0 Å². The number of amides is 1. The third-order valence-corrected chi connectivity index (χ3v) is 6.23. The lowest BCUT2D eigenvalue weighted by Crippen LogP contribution is -2.18. The number of methoxy groups -OCH3 is 1. The maximum absolute atomic E-state index is 13.0. The lowest BCUT2D eigenvalue weighted by Gasteiger charge is -2.26. The standard InChI is InChI=1S/C23H25F3N4O3/c1-30-18-10-17(29-22(32)15-4-3-5-20(27-15)23(24,25)26)19(33-2)11-16(18)28-21(30)14-8-6-13(12-31)7-9-14/h3-5,10-11,13-14,31H,6-9,12H2,1-2H3,(H,29,32)/t13-,14-. The minimum absolute atomic E-state index is 0.205. The second-order valence-corrected chi connectivity index (χ2v) is 8.33. The molecule has 0 bridgehead atoms. The predicted molar refractivity (Wildman–Crippen MR) is 116 cm³/mol. The molecule has 0 radical (unpaired) electrons. The van der Waals surface area contributed by atoms with Crippen LogP contribution in [-0.4, -0.2) is 39.3 Å². The van der Waals surface area contributed by atoms with E-state index in [4.69, 9.17) is 9.72 Å². The Hall–Kier alpha value is -3.14. The van der Waals surface area contributed by atoms with Gasteiger partial charge in [0, 0.05) is 25.6 Å². The number of aliphatic hydroxyl groups is 1. The molecule has 1 aliphatic carbocycles. The number of ether oxygens (including phenoxy) is 1. The van der Waals surface area contributed by atoms with Crippen molar-refractivity contribution >= 4 is 22.6 Å². The molecule has 10 heteroatoms. The molecule has 1 saturated carbocycles. The number of nitrogens with zero attached hydrogens (tertiary/aromatic N) is 3. The summed E-state index contributed by atoms with van der Waals surface area (Å²) in [7, 11) is 3.34. The van der Waals surface area contributed by atoms with Crippen LogP contribution in [0.2, 0.25) is 0 Å². The quantitative estimate of drug-likeness (QED) is 0.582. The molecule has 2 aromatic heterocycles. The Bertz CT molecular complexity index is 1170. The molecular weight excluding hydrogens is 437 g/mol. The highest BCUT2D eigenvalue weighted by Crippen LogP contribution is 2.38.